The lowest BCUT2D eigenvalue weighted by Gasteiger charge is -2.34. The number of fused-ring (bicyclic) bond motifs is 2. The maximum Gasteiger partial charge on any atom is 0.312 e. The summed E-state index contributed by atoms with van der Waals surface area (Å²) >= 11 is 1.61. The van der Waals surface area contributed by atoms with Crippen LogP contribution in [0.25, 0.3) is 21.1 Å². The van der Waals surface area contributed by atoms with Gasteiger partial charge in [-0.1, -0.05) is 17.3 Å². The highest BCUT2D eigenvalue weighted by Crippen LogP contribution is 2.45. The van der Waals surface area contributed by atoms with Gasteiger partial charge in [-0.2, -0.15) is 0 Å². The van der Waals surface area contributed by atoms with Crippen molar-refractivity contribution in [3.05, 3.63) is 58.0 Å². The van der Waals surface area contributed by atoms with Crippen molar-refractivity contribution in [1.82, 2.24) is 15.0 Å². The molecule has 1 N–H and O–H groups in total. The van der Waals surface area contributed by atoms with Crippen LogP contribution in [-0.2, 0) is 23.2 Å². The van der Waals surface area contributed by atoms with Gasteiger partial charge in [0.05, 0.1) is 24.6 Å². The molecule has 2 aromatic carbocycles. The summed E-state index contributed by atoms with van der Waals surface area (Å²) in [5.41, 5.74) is 4.73. The van der Waals surface area contributed by atoms with Crippen molar-refractivity contribution >= 4 is 38.4 Å². The molecular formula is C23H25N3O3S. The standard InChI is InChI=1S/C23H25N3O3S/c1-13-17(6-7-18-20(13)24-25-26(18)4)19(23(2,3)22(28)29-5)15-10-14-8-9-30-21(14)16(11-15)12-27/h6-11,19,27H,12H2,1-5H3/t19-/m0/s1. The zero-order valence-corrected chi connectivity index (χ0v) is 18.6. The average Bonchev–Trinajstić information content (AvgIpc) is 3.35. The fraction of sp³-hybridized carbons (Fsp3) is 0.348. The minimum Gasteiger partial charge on any atom is -0.469 e. The highest BCUT2D eigenvalue weighted by atomic mass is 32.1. The van der Waals surface area contributed by atoms with Gasteiger partial charge in [0.2, 0.25) is 0 Å². The first kappa shape index (κ1) is 20.5. The third-order valence-electron chi connectivity index (χ3n) is 5.98. The lowest BCUT2D eigenvalue weighted by molar-refractivity contribution is -0.151. The van der Waals surface area contributed by atoms with Gasteiger partial charge in [0, 0.05) is 17.7 Å². The van der Waals surface area contributed by atoms with E-state index in [2.05, 4.69) is 16.4 Å². The van der Waals surface area contributed by atoms with Crippen LogP contribution in [0.1, 0.15) is 42.0 Å². The first-order valence-electron chi connectivity index (χ1n) is 9.77. The normalized spacial score (nSPS) is 13.1. The highest BCUT2D eigenvalue weighted by molar-refractivity contribution is 7.17. The van der Waals surface area contributed by atoms with Gasteiger partial charge in [-0.15, -0.1) is 16.4 Å². The highest BCUT2D eigenvalue weighted by Gasteiger charge is 2.41. The van der Waals surface area contributed by atoms with Crippen LogP contribution in [0.5, 0.6) is 0 Å². The number of thiophene rings is 1. The van der Waals surface area contributed by atoms with E-state index in [4.69, 9.17) is 4.74 Å². The Hall–Kier alpha value is -2.77. The van der Waals surface area contributed by atoms with Gasteiger partial charge in [-0.25, -0.2) is 4.68 Å². The Morgan fingerprint density at radius 2 is 2.07 bits per heavy atom. The number of esters is 1. The quantitative estimate of drug-likeness (QED) is 0.484. The average molecular weight is 424 g/mol. The molecule has 0 radical (unpaired) electrons. The van der Waals surface area contributed by atoms with E-state index in [1.54, 1.807) is 16.0 Å². The van der Waals surface area contributed by atoms with Crippen LogP contribution in [0.2, 0.25) is 0 Å². The number of aromatic nitrogens is 3. The van der Waals surface area contributed by atoms with E-state index in [-0.39, 0.29) is 18.5 Å². The summed E-state index contributed by atoms with van der Waals surface area (Å²) in [5.74, 6) is -0.576. The zero-order chi connectivity index (χ0) is 21.6. The smallest absolute Gasteiger partial charge is 0.312 e. The molecule has 0 aliphatic rings. The number of methoxy groups -OCH3 is 1. The van der Waals surface area contributed by atoms with E-state index in [1.807, 2.05) is 57.5 Å². The van der Waals surface area contributed by atoms with Crippen LogP contribution < -0.4 is 0 Å². The lowest BCUT2D eigenvalue weighted by Crippen LogP contribution is -2.34. The van der Waals surface area contributed by atoms with E-state index < -0.39 is 5.41 Å². The molecule has 0 amide bonds. The van der Waals surface area contributed by atoms with Gasteiger partial charge in [0.1, 0.15) is 5.52 Å². The van der Waals surface area contributed by atoms with Crippen LogP contribution in [0.4, 0.5) is 0 Å². The molecule has 4 rings (SSSR count). The summed E-state index contributed by atoms with van der Waals surface area (Å²) in [6.07, 6.45) is 0. The maximum atomic E-state index is 12.9. The predicted octanol–water partition coefficient (Wildman–Crippen LogP) is 4.31. The number of hydrogen-bond acceptors (Lipinski definition) is 6. The van der Waals surface area contributed by atoms with Gasteiger partial charge in [-0.3, -0.25) is 4.79 Å². The van der Waals surface area contributed by atoms with Crippen LogP contribution in [-0.4, -0.2) is 33.2 Å². The molecule has 0 saturated heterocycles. The molecule has 0 saturated carbocycles. The molecule has 7 heteroatoms. The summed E-state index contributed by atoms with van der Waals surface area (Å²) in [5, 5.41) is 21.5. The molecule has 2 heterocycles. The Labute approximate surface area is 179 Å². The molecule has 0 bridgehead atoms. The second-order valence-corrected chi connectivity index (χ2v) is 9.10. The summed E-state index contributed by atoms with van der Waals surface area (Å²) in [6.45, 7) is 5.77. The Morgan fingerprint density at radius 1 is 1.30 bits per heavy atom. The van der Waals surface area contributed by atoms with Crippen LogP contribution in [0.3, 0.4) is 0 Å². The number of aliphatic hydroxyl groups is 1. The number of hydrogen-bond donors (Lipinski definition) is 1. The molecule has 156 valence electrons. The van der Waals surface area contributed by atoms with Gasteiger partial charge < -0.3 is 9.84 Å². The monoisotopic (exact) mass is 423 g/mol. The molecule has 0 fully saturated rings. The fourth-order valence-corrected chi connectivity index (χ4v) is 5.28. The van der Waals surface area contributed by atoms with Crippen LogP contribution in [0, 0.1) is 12.3 Å². The summed E-state index contributed by atoms with van der Waals surface area (Å²) in [4.78, 5) is 12.9. The lowest BCUT2D eigenvalue weighted by atomic mass is 9.69. The SMILES string of the molecule is COC(=O)C(C)(C)[C@@H](c1cc(CO)c2sccc2c1)c1ccc2c(nnn2C)c1C. The molecule has 2 aromatic heterocycles. The third-order valence-corrected chi connectivity index (χ3v) is 6.98. The molecular weight excluding hydrogens is 398 g/mol. The molecule has 4 aromatic rings. The number of carbonyl (C=O) groups is 1. The number of aliphatic hydroxyl groups excluding tert-OH is 1. The van der Waals surface area contributed by atoms with Gasteiger partial charge in [0.25, 0.3) is 0 Å². The molecule has 0 spiro atoms. The summed E-state index contributed by atoms with van der Waals surface area (Å²) < 4.78 is 7.99. The van der Waals surface area contributed by atoms with E-state index in [9.17, 15) is 9.90 Å². The van der Waals surface area contributed by atoms with Crippen molar-refractivity contribution in [1.29, 1.82) is 0 Å². The van der Waals surface area contributed by atoms with E-state index in [0.29, 0.717) is 0 Å². The third kappa shape index (κ3) is 3.09. The molecule has 0 aliphatic heterocycles. The van der Waals surface area contributed by atoms with Crippen LogP contribution in [0.15, 0.2) is 35.7 Å². The number of rotatable bonds is 5. The van der Waals surface area contributed by atoms with Crippen molar-refractivity contribution in [2.45, 2.75) is 33.3 Å². The minimum atomic E-state index is -0.841. The van der Waals surface area contributed by atoms with Crippen LogP contribution >= 0.6 is 11.3 Å². The Bertz CT molecular complexity index is 1260. The molecule has 0 aliphatic carbocycles. The van der Waals surface area contributed by atoms with Crippen molar-refractivity contribution < 1.29 is 14.6 Å². The topological polar surface area (TPSA) is 77.2 Å². The van der Waals surface area contributed by atoms with E-state index in [0.717, 1.165) is 43.4 Å². The zero-order valence-electron chi connectivity index (χ0n) is 17.8. The first-order valence-corrected chi connectivity index (χ1v) is 10.7. The second kappa shape index (κ2) is 7.49. The van der Waals surface area contributed by atoms with E-state index in [1.165, 1.54) is 7.11 Å². The minimum absolute atomic E-state index is 0.0571. The second-order valence-electron chi connectivity index (χ2n) is 8.18. The Balaban J connectivity index is 2.01. The number of nitrogens with zero attached hydrogens (tertiary/aromatic N) is 3. The first-order chi connectivity index (χ1) is 14.3. The van der Waals surface area contributed by atoms with E-state index >= 15 is 0 Å². The van der Waals surface area contributed by atoms with Gasteiger partial charge in [-0.05, 0) is 72.0 Å². The molecule has 1 atom stereocenters. The molecule has 6 nitrogen and oxygen atoms in total. The molecule has 0 unspecified atom stereocenters. The Morgan fingerprint density at radius 3 is 2.77 bits per heavy atom. The van der Waals surface area contributed by atoms with Crippen molar-refractivity contribution in [2.75, 3.05) is 7.11 Å². The fourth-order valence-electron chi connectivity index (χ4n) is 4.39. The summed E-state index contributed by atoms with van der Waals surface area (Å²) in [7, 11) is 3.28. The number of carbonyl (C=O) groups excluding carboxylic acids is 1. The summed E-state index contributed by atoms with van der Waals surface area (Å²) in [6, 6.07) is 10.2. The molecule has 30 heavy (non-hydrogen) atoms. The number of ether oxygens (including phenoxy) is 1. The van der Waals surface area contributed by atoms with Crippen molar-refractivity contribution in [3.8, 4) is 0 Å². The number of benzene rings is 2. The largest absolute Gasteiger partial charge is 0.469 e. The maximum absolute atomic E-state index is 12.9. The van der Waals surface area contributed by atoms with Gasteiger partial charge in [0.15, 0.2) is 0 Å². The van der Waals surface area contributed by atoms with Crippen molar-refractivity contribution in [3.63, 3.8) is 0 Å². The van der Waals surface area contributed by atoms with Crippen molar-refractivity contribution in [2.24, 2.45) is 12.5 Å². The van der Waals surface area contributed by atoms with Gasteiger partial charge >= 0.3 is 5.97 Å². The number of aryl methyl sites for hydroxylation is 2. The predicted molar refractivity (Wildman–Crippen MR) is 119 cm³/mol. The Kier molecular flexibility index (Phi) is 5.11.